The van der Waals surface area contributed by atoms with Crippen molar-refractivity contribution in [2.24, 2.45) is 0 Å². The van der Waals surface area contributed by atoms with E-state index in [-0.39, 0.29) is 5.69 Å². The van der Waals surface area contributed by atoms with Crippen LogP contribution in [0.3, 0.4) is 0 Å². The van der Waals surface area contributed by atoms with E-state index < -0.39 is 4.92 Å². The SMILES string of the molecule is CCCNCc1ccc(Sc2ccc([N+](=O)[O-])cc2)nc1. The number of nitro groups is 1. The highest BCUT2D eigenvalue weighted by atomic mass is 32.2. The highest BCUT2D eigenvalue weighted by Gasteiger charge is 2.05. The van der Waals surface area contributed by atoms with Gasteiger partial charge in [-0.3, -0.25) is 10.1 Å². The first kappa shape index (κ1) is 15.5. The zero-order valence-corrected chi connectivity index (χ0v) is 12.6. The molecule has 0 saturated heterocycles. The van der Waals surface area contributed by atoms with Crippen molar-refractivity contribution in [1.82, 2.24) is 10.3 Å². The normalized spacial score (nSPS) is 10.5. The van der Waals surface area contributed by atoms with Gasteiger partial charge in [0.2, 0.25) is 0 Å². The summed E-state index contributed by atoms with van der Waals surface area (Å²) >= 11 is 1.49. The highest BCUT2D eigenvalue weighted by Crippen LogP contribution is 2.27. The number of hydrogen-bond acceptors (Lipinski definition) is 5. The molecule has 0 saturated carbocycles. The van der Waals surface area contributed by atoms with Gasteiger partial charge < -0.3 is 5.32 Å². The maximum absolute atomic E-state index is 10.6. The van der Waals surface area contributed by atoms with Crippen molar-refractivity contribution in [2.45, 2.75) is 29.8 Å². The number of aromatic nitrogens is 1. The smallest absolute Gasteiger partial charge is 0.269 e. The maximum atomic E-state index is 10.6. The van der Waals surface area contributed by atoms with Gasteiger partial charge in [0.05, 0.1) is 4.92 Å². The van der Waals surface area contributed by atoms with E-state index in [1.165, 1.54) is 23.9 Å². The van der Waals surface area contributed by atoms with Crippen LogP contribution in [-0.2, 0) is 6.54 Å². The van der Waals surface area contributed by atoms with Gasteiger partial charge >= 0.3 is 0 Å². The Kier molecular flexibility index (Phi) is 5.71. The minimum absolute atomic E-state index is 0.102. The van der Waals surface area contributed by atoms with E-state index in [1.807, 2.05) is 18.3 Å². The Morgan fingerprint density at radius 3 is 2.57 bits per heavy atom. The molecule has 0 spiro atoms. The van der Waals surface area contributed by atoms with Crippen LogP contribution in [0.25, 0.3) is 0 Å². The lowest BCUT2D eigenvalue weighted by Crippen LogP contribution is -2.13. The molecular weight excluding hydrogens is 286 g/mol. The second-order valence-electron chi connectivity index (χ2n) is 4.53. The van der Waals surface area contributed by atoms with Crippen LogP contribution in [0.2, 0.25) is 0 Å². The second-order valence-corrected chi connectivity index (χ2v) is 5.63. The fourth-order valence-electron chi connectivity index (χ4n) is 1.74. The molecule has 0 aliphatic carbocycles. The number of pyridine rings is 1. The number of nitro benzene ring substituents is 1. The third-order valence-electron chi connectivity index (χ3n) is 2.82. The monoisotopic (exact) mass is 303 g/mol. The fraction of sp³-hybridized carbons (Fsp3) is 0.267. The van der Waals surface area contributed by atoms with Gasteiger partial charge in [-0.25, -0.2) is 4.98 Å². The van der Waals surface area contributed by atoms with Gasteiger partial charge in [0.15, 0.2) is 0 Å². The predicted molar refractivity (Wildman–Crippen MR) is 83.5 cm³/mol. The molecular formula is C15H17N3O2S. The van der Waals surface area contributed by atoms with E-state index in [0.29, 0.717) is 0 Å². The summed E-state index contributed by atoms with van der Waals surface area (Å²) in [7, 11) is 0. The number of nitrogens with zero attached hydrogens (tertiary/aromatic N) is 2. The molecule has 0 amide bonds. The average Bonchev–Trinajstić information content (AvgIpc) is 2.50. The van der Waals surface area contributed by atoms with Gasteiger partial charge in [0, 0.05) is 29.8 Å². The molecule has 0 atom stereocenters. The average molecular weight is 303 g/mol. The van der Waals surface area contributed by atoms with E-state index >= 15 is 0 Å². The Hall–Kier alpha value is -1.92. The molecule has 6 heteroatoms. The third kappa shape index (κ3) is 4.84. The van der Waals surface area contributed by atoms with Crippen LogP contribution in [-0.4, -0.2) is 16.5 Å². The molecule has 0 aliphatic heterocycles. The summed E-state index contributed by atoms with van der Waals surface area (Å²) in [6.07, 6.45) is 2.97. The molecule has 0 unspecified atom stereocenters. The Morgan fingerprint density at radius 1 is 1.24 bits per heavy atom. The molecule has 1 aromatic carbocycles. The number of hydrogen-bond donors (Lipinski definition) is 1. The van der Waals surface area contributed by atoms with Gasteiger partial charge in [-0.2, -0.15) is 0 Å². The van der Waals surface area contributed by atoms with E-state index in [2.05, 4.69) is 17.2 Å². The lowest BCUT2D eigenvalue weighted by atomic mass is 10.3. The highest BCUT2D eigenvalue weighted by molar-refractivity contribution is 7.99. The van der Waals surface area contributed by atoms with Crippen molar-refractivity contribution in [3.05, 3.63) is 58.3 Å². The summed E-state index contributed by atoms with van der Waals surface area (Å²) in [5.41, 5.74) is 1.25. The first-order valence-electron chi connectivity index (χ1n) is 6.77. The number of rotatable bonds is 7. The quantitative estimate of drug-likeness (QED) is 0.480. The zero-order chi connectivity index (χ0) is 15.1. The number of non-ortho nitro benzene ring substituents is 1. The van der Waals surface area contributed by atoms with E-state index in [9.17, 15) is 10.1 Å². The van der Waals surface area contributed by atoms with Gasteiger partial charge in [0.25, 0.3) is 5.69 Å². The molecule has 0 aliphatic rings. The molecule has 2 aromatic rings. The van der Waals surface area contributed by atoms with Crippen molar-refractivity contribution in [2.75, 3.05) is 6.54 Å². The Labute approximate surface area is 127 Å². The number of benzene rings is 1. The molecule has 110 valence electrons. The predicted octanol–water partition coefficient (Wildman–Crippen LogP) is 3.64. The summed E-state index contributed by atoms with van der Waals surface area (Å²) in [6.45, 7) is 3.96. The van der Waals surface area contributed by atoms with E-state index in [4.69, 9.17) is 0 Å². The molecule has 1 N–H and O–H groups in total. The van der Waals surface area contributed by atoms with E-state index in [0.717, 1.165) is 35.0 Å². The fourth-order valence-corrected chi connectivity index (χ4v) is 2.50. The molecule has 1 heterocycles. The summed E-state index contributed by atoms with van der Waals surface area (Å²) < 4.78 is 0. The van der Waals surface area contributed by atoms with Crippen molar-refractivity contribution in [1.29, 1.82) is 0 Å². The molecule has 5 nitrogen and oxygen atoms in total. The number of nitrogens with one attached hydrogen (secondary N) is 1. The maximum Gasteiger partial charge on any atom is 0.269 e. The molecule has 0 fully saturated rings. The summed E-state index contributed by atoms with van der Waals surface area (Å²) in [4.78, 5) is 15.5. The summed E-state index contributed by atoms with van der Waals surface area (Å²) in [5.74, 6) is 0. The Morgan fingerprint density at radius 2 is 2.00 bits per heavy atom. The first-order chi connectivity index (χ1) is 10.2. The molecule has 21 heavy (non-hydrogen) atoms. The first-order valence-corrected chi connectivity index (χ1v) is 7.58. The standard InChI is InChI=1S/C15H17N3O2S/c1-2-9-16-10-12-3-8-15(17-11-12)21-14-6-4-13(5-7-14)18(19)20/h3-8,11,16H,2,9-10H2,1H3. The minimum atomic E-state index is -0.398. The lowest BCUT2D eigenvalue weighted by Gasteiger charge is -2.04. The van der Waals surface area contributed by atoms with Crippen LogP contribution in [0.15, 0.2) is 52.5 Å². The van der Waals surface area contributed by atoms with Crippen LogP contribution >= 0.6 is 11.8 Å². The van der Waals surface area contributed by atoms with Gasteiger partial charge in [-0.15, -0.1) is 0 Å². The van der Waals surface area contributed by atoms with Crippen molar-refractivity contribution in [3.63, 3.8) is 0 Å². The largest absolute Gasteiger partial charge is 0.313 e. The van der Waals surface area contributed by atoms with Crippen LogP contribution in [0.4, 0.5) is 5.69 Å². The Balaban J connectivity index is 1.94. The van der Waals surface area contributed by atoms with Crippen molar-refractivity contribution >= 4 is 17.4 Å². The van der Waals surface area contributed by atoms with Gasteiger partial charge in [0.1, 0.15) is 5.03 Å². The minimum Gasteiger partial charge on any atom is -0.313 e. The van der Waals surface area contributed by atoms with Gasteiger partial charge in [-0.05, 0) is 36.7 Å². The third-order valence-corrected chi connectivity index (χ3v) is 3.78. The Bertz CT molecular complexity index is 585. The zero-order valence-electron chi connectivity index (χ0n) is 11.8. The van der Waals surface area contributed by atoms with Crippen LogP contribution in [0.1, 0.15) is 18.9 Å². The van der Waals surface area contributed by atoms with Gasteiger partial charge in [-0.1, -0.05) is 24.8 Å². The molecule has 0 bridgehead atoms. The summed E-state index contributed by atoms with van der Waals surface area (Å²) in [5, 5.41) is 14.8. The molecule has 1 aromatic heterocycles. The van der Waals surface area contributed by atoms with E-state index in [1.54, 1.807) is 12.1 Å². The lowest BCUT2D eigenvalue weighted by molar-refractivity contribution is -0.384. The van der Waals surface area contributed by atoms with Crippen molar-refractivity contribution in [3.8, 4) is 0 Å². The molecule has 2 rings (SSSR count). The summed E-state index contributed by atoms with van der Waals surface area (Å²) in [6, 6.07) is 10.5. The van der Waals surface area contributed by atoms with Crippen LogP contribution in [0.5, 0.6) is 0 Å². The molecule has 0 radical (unpaired) electrons. The van der Waals surface area contributed by atoms with Crippen LogP contribution in [0, 0.1) is 10.1 Å². The topological polar surface area (TPSA) is 68.1 Å². The van der Waals surface area contributed by atoms with Crippen LogP contribution < -0.4 is 5.32 Å². The second kappa shape index (κ2) is 7.75. The van der Waals surface area contributed by atoms with Crippen molar-refractivity contribution < 1.29 is 4.92 Å².